The second-order valence-corrected chi connectivity index (χ2v) is 3.04. The predicted molar refractivity (Wildman–Crippen MR) is 52.3 cm³/mol. The normalized spacial score (nSPS) is 9.54. The Kier molecular flexibility index (Phi) is 2.58. The molecule has 0 bridgehead atoms. The van der Waals surface area contributed by atoms with Crippen LogP contribution in [0.15, 0.2) is 14.1 Å². The topological polar surface area (TPSA) is 80.9 Å². The van der Waals surface area contributed by atoms with Crippen LogP contribution in [0, 0.1) is 12.3 Å². The first-order valence-corrected chi connectivity index (χ1v) is 4.08. The molecule has 0 atom stereocenters. The number of H-pyrrole nitrogens is 1. The molecule has 13 heavy (non-hydrogen) atoms. The van der Waals surface area contributed by atoms with Gasteiger partial charge in [0.15, 0.2) is 0 Å². The fourth-order valence-corrected chi connectivity index (χ4v) is 1.13. The molecule has 1 rings (SSSR count). The second kappa shape index (κ2) is 3.49. The Morgan fingerprint density at radius 2 is 2.23 bits per heavy atom. The van der Waals surface area contributed by atoms with Gasteiger partial charge in [0.25, 0.3) is 5.56 Å². The van der Waals surface area contributed by atoms with Crippen LogP contribution < -0.4 is 17.0 Å². The van der Waals surface area contributed by atoms with Gasteiger partial charge in [-0.25, -0.2) is 4.79 Å². The molecule has 0 amide bonds. The van der Waals surface area contributed by atoms with E-state index in [9.17, 15) is 9.59 Å². The van der Waals surface area contributed by atoms with Gasteiger partial charge >= 0.3 is 5.69 Å². The monoisotopic (exact) mass is 243 g/mol. The lowest BCUT2D eigenvalue weighted by Crippen LogP contribution is -2.32. The summed E-state index contributed by atoms with van der Waals surface area (Å²) in [6.07, 6.45) is 5.01. The van der Waals surface area contributed by atoms with Gasteiger partial charge in [-0.1, -0.05) is 5.92 Å². The number of nitrogens with one attached hydrogen (secondary N) is 1. The van der Waals surface area contributed by atoms with E-state index in [0.717, 1.165) is 4.57 Å². The Morgan fingerprint density at radius 3 is 2.77 bits per heavy atom. The third kappa shape index (κ3) is 1.65. The SMILES string of the molecule is C#CCn1c(N)c(Br)c(=O)[nH]c1=O. The molecule has 0 radical (unpaired) electrons. The van der Waals surface area contributed by atoms with E-state index in [1.807, 2.05) is 0 Å². The standard InChI is InChI=1S/C7H6BrN3O2/c1-2-3-11-5(9)4(8)6(12)10-7(11)13/h1H,3,9H2,(H,10,12,13). The van der Waals surface area contributed by atoms with Gasteiger partial charge in [0.1, 0.15) is 10.3 Å². The van der Waals surface area contributed by atoms with Crippen LogP contribution in [0.4, 0.5) is 5.82 Å². The van der Waals surface area contributed by atoms with E-state index in [0.29, 0.717) is 0 Å². The van der Waals surface area contributed by atoms with Crippen molar-refractivity contribution in [2.75, 3.05) is 5.73 Å². The first kappa shape index (κ1) is 9.61. The van der Waals surface area contributed by atoms with Gasteiger partial charge in [-0.3, -0.25) is 14.3 Å². The Bertz CT molecular complexity index is 480. The zero-order chi connectivity index (χ0) is 10.0. The number of anilines is 1. The number of rotatable bonds is 1. The van der Waals surface area contributed by atoms with Crippen LogP contribution >= 0.6 is 15.9 Å². The van der Waals surface area contributed by atoms with Crippen LogP contribution in [0.5, 0.6) is 0 Å². The molecule has 0 unspecified atom stereocenters. The van der Waals surface area contributed by atoms with Gasteiger partial charge in [-0.05, 0) is 15.9 Å². The molecule has 1 aromatic rings. The Morgan fingerprint density at radius 1 is 1.62 bits per heavy atom. The lowest BCUT2D eigenvalue weighted by atomic mass is 10.5. The van der Waals surface area contributed by atoms with Crippen molar-refractivity contribution in [3.63, 3.8) is 0 Å². The molecule has 0 saturated heterocycles. The summed E-state index contributed by atoms with van der Waals surface area (Å²) >= 11 is 2.94. The summed E-state index contributed by atoms with van der Waals surface area (Å²) in [4.78, 5) is 24.1. The van der Waals surface area contributed by atoms with Gasteiger partial charge in [0.05, 0.1) is 6.54 Å². The summed E-state index contributed by atoms with van der Waals surface area (Å²) in [6.45, 7) is 0.0278. The maximum absolute atomic E-state index is 11.1. The van der Waals surface area contributed by atoms with Crippen LogP contribution in [0.2, 0.25) is 0 Å². The minimum absolute atomic E-state index is 0.0278. The largest absolute Gasteiger partial charge is 0.384 e. The summed E-state index contributed by atoms with van der Waals surface area (Å²) in [5.74, 6) is 2.29. The van der Waals surface area contributed by atoms with Crippen LogP contribution in [-0.4, -0.2) is 9.55 Å². The molecule has 0 aliphatic heterocycles. The molecular formula is C7H6BrN3O2. The molecule has 3 N–H and O–H groups in total. The number of aromatic amines is 1. The van der Waals surface area contributed by atoms with Gasteiger partial charge in [-0.2, -0.15) is 0 Å². The van der Waals surface area contributed by atoms with Crippen LogP contribution in [0.1, 0.15) is 0 Å². The molecule has 5 nitrogen and oxygen atoms in total. The highest BCUT2D eigenvalue weighted by Crippen LogP contribution is 2.10. The fourth-order valence-electron chi connectivity index (χ4n) is 0.812. The van der Waals surface area contributed by atoms with E-state index in [-0.39, 0.29) is 16.8 Å². The average Bonchev–Trinajstić information content (AvgIpc) is 2.09. The Balaban J connectivity index is 3.55. The molecule has 1 aromatic heterocycles. The molecule has 0 fully saturated rings. The summed E-state index contributed by atoms with van der Waals surface area (Å²) in [5.41, 5.74) is 4.30. The summed E-state index contributed by atoms with van der Waals surface area (Å²) in [5, 5.41) is 0. The number of halogens is 1. The van der Waals surface area contributed by atoms with Gasteiger partial charge in [0.2, 0.25) is 0 Å². The van der Waals surface area contributed by atoms with Crippen molar-refractivity contribution in [2.45, 2.75) is 6.54 Å². The number of nitrogens with zero attached hydrogens (tertiary/aromatic N) is 1. The number of nitrogens with two attached hydrogens (primary N) is 1. The predicted octanol–water partition coefficient (Wildman–Crippen LogP) is -0.486. The molecule has 0 aromatic carbocycles. The van der Waals surface area contributed by atoms with E-state index < -0.39 is 11.2 Å². The minimum atomic E-state index is -0.608. The van der Waals surface area contributed by atoms with Crippen molar-refractivity contribution >= 4 is 21.7 Å². The van der Waals surface area contributed by atoms with Crippen molar-refractivity contribution in [1.29, 1.82) is 0 Å². The molecule has 0 aliphatic rings. The van der Waals surface area contributed by atoms with Gasteiger partial charge in [-0.15, -0.1) is 6.42 Å². The number of hydrogen-bond acceptors (Lipinski definition) is 3. The molecule has 0 spiro atoms. The third-order valence-electron chi connectivity index (χ3n) is 1.43. The Hall–Kier alpha value is -1.48. The maximum atomic E-state index is 11.1. The number of terminal acetylenes is 1. The van der Waals surface area contributed by atoms with Gasteiger partial charge in [0, 0.05) is 0 Å². The van der Waals surface area contributed by atoms with Crippen LogP contribution in [-0.2, 0) is 6.54 Å². The third-order valence-corrected chi connectivity index (χ3v) is 2.20. The van der Waals surface area contributed by atoms with E-state index in [1.165, 1.54) is 0 Å². The first-order valence-electron chi connectivity index (χ1n) is 3.29. The molecule has 68 valence electrons. The lowest BCUT2D eigenvalue weighted by molar-refractivity contribution is 0.758. The highest BCUT2D eigenvalue weighted by Gasteiger charge is 2.07. The second-order valence-electron chi connectivity index (χ2n) is 2.25. The summed E-state index contributed by atoms with van der Waals surface area (Å²) in [7, 11) is 0. The van der Waals surface area contributed by atoms with Crippen LogP contribution in [0.25, 0.3) is 0 Å². The van der Waals surface area contributed by atoms with Crippen molar-refractivity contribution < 1.29 is 0 Å². The van der Waals surface area contributed by atoms with E-state index in [1.54, 1.807) is 0 Å². The average molecular weight is 244 g/mol. The minimum Gasteiger partial charge on any atom is -0.384 e. The molecule has 6 heteroatoms. The molecular weight excluding hydrogens is 238 g/mol. The maximum Gasteiger partial charge on any atom is 0.330 e. The van der Waals surface area contributed by atoms with Gasteiger partial charge < -0.3 is 5.73 Å². The first-order chi connectivity index (χ1) is 6.07. The molecule has 1 heterocycles. The van der Waals surface area contributed by atoms with Crippen molar-refractivity contribution in [1.82, 2.24) is 9.55 Å². The highest BCUT2D eigenvalue weighted by atomic mass is 79.9. The van der Waals surface area contributed by atoms with E-state index in [2.05, 4.69) is 26.8 Å². The quantitative estimate of drug-likeness (QED) is 0.654. The van der Waals surface area contributed by atoms with E-state index >= 15 is 0 Å². The Labute approximate surface area is 81.7 Å². The molecule has 0 saturated carbocycles. The summed E-state index contributed by atoms with van der Waals surface area (Å²) in [6, 6.07) is 0. The van der Waals surface area contributed by atoms with E-state index in [4.69, 9.17) is 12.2 Å². The fraction of sp³-hybridized carbons (Fsp3) is 0.143. The highest BCUT2D eigenvalue weighted by molar-refractivity contribution is 9.10. The zero-order valence-corrected chi connectivity index (χ0v) is 8.09. The lowest BCUT2D eigenvalue weighted by Gasteiger charge is -2.05. The van der Waals surface area contributed by atoms with Crippen molar-refractivity contribution in [2.24, 2.45) is 0 Å². The van der Waals surface area contributed by atoms with Crippen molar-refractivity contribution in [3.05, 3.63) is 25.3 Å². The number of hydrogen-bond donors (Lipinski definition) is 2. The smallest absolute Gasteiger partial charge is 0.330 e. The molecule has 0 aliphatic carbocycles. The number of nitrogen functional groups attached to an aromatic ring is 1. The summed E-state index contributed by atoms with van der Waals surface area (Å²) < 4.78 is 1.20. The zero-order valence-electron chi connectivity index (χ0n) is 6.50. The van der Waals surface area contributed by atoms with Crippen LogP contribution in [0.3, 0.4) is 0 Å². The number of aromatic nitrogens is 2. The van der Waals surface area contributed by atoms with Crippen molar-refractivity contribution in [3.8, 4) is 12.3 Å².